The molecule has 0 saturated carbocycles. The summed E-state index contributed by atoms with van der Waals surface area (Å²) < 4.78 is 54.8. The first-order valence-corrected chi connectivity index (χ1v) is 8.10. The zero-order valence-electron chi connectivity index (χ0n) is 10.1. The molecule has 0 saturated heterocycles. The van der Waals surface area contributed by atoms with E-state index in [4.69, 9.17) is 4.55 Å². The van der Waals surface area contributed by atoms with E-state index < -0.39 is 18.2 Å². The minimum atomic E-state index is -4.97. The molecule has 0 radical (unpaired) electrons. The molecule has 1 aromatic rings. The Balaban J connectivity index is 2.72. The van der Waals surface area contributed by atoms with Crippen LogP contribution in [0.1, 0.15) is 13.3 Å². The van der Waals surface area contributed by atoms with Crippen LogP contribution < -0.4 is 5.48 Å². The van der Waals surface area contributed by atoms with Crippen LogP contribution in [0.2, 0.25) is 0 Å². The van der Waals surface area contributed by atoms with Gasteiger partial charge in [0.15, 0.2) is 0 Å². The Bertz CT molecular complexity index is 533. The Morgan fingerprint density at radius 1 is 1.32 bits per heavy atom. The molecule has 1 atom stereocenters. The minimum Gasteiger partial charge on any atom is -0.285 e. The first-order chi connectivity index (χ1) is 8.85. The normalized spacial score (nSPS) is 14.8. The van der Waals surface area contributed by atoms with Crippen molar-refractivity contribution in [3.63, 3.8) is 0 Å². The maximum atomic E-state index is 11.9. The van der Waals surface area contributed by atoms with E-state index >= 15 is 0 Å². The van der Waals surface area contributed by atoms with Crippen LogP contribution in [0.3, 0.4) is 0 Å². The van der Waals surface area contributed by atoms with Gasteiger partial charge in [0.1, 0.15) is 0 Å². The number of anilines is 1. The molecule has 1 aromatic carbocycles. The maximum absolute atomic E-state index is 11.9. The maximum Gasteiger partial charge on any atom is 0.512 e. The van der Waals surface area contributed by atoms with Gasteiger partial charge in [0.2, 0.25) is 0 Å². The first kappa shape index (κ1) is 16.1. The lowest BCUT2D eigenvalue weighted by atomic mass is 10.3. The second-order valence-electron chi connectivity index (χ2n) is 3.34. The van der Waals surface area contributed by atoms with E-state index in [0.717, 1.165) is 0 Å². The van der Waals surface area contributed by atoms with Crippen molar-refractivity contribution in [1.29, 1.82) is 0 Å². The molecular formula is C9H14NO7PS. The third-order valence-corrected chi connectivity index (χ3v) is 3.99. The van der Waals surface area contributed by atoms with E-state index in [2.05, 4.69) is 18.6 Å². The summed E-state index contributed by atoms with van der Waals surface area (Å²) in [6.07, 6.45) is 0.452. The molecule has 0 fully saturated rings. The first-order valence-electron chi connectivity index (χ1n) is 5.27. The lowest BCUT2D eigenvalue weighted by Crippen LogP contribution is -2.10. The largest absolute Gasteiger partial charge is 0.512 e. The van der Waals surface area contributed by atoms with Crippen LogP contribution in [0.25, 0.3) is 0 Å². The van der Waals surface area contributed by atoms with E-state index in [1.807, 2.05) is 0 Å². The third-order valence-electron chi connectivity index (χ3n) is 1.69. The van der Waals surface area contributed by atoms with E-state index in [-0.39, 0.29) is 6.61 Å². The molecule has 0 aromatic heterocycles. The topological polar surface area (TPSA) is 111 Å². The highest BCUT2D eigenvalue weighted by Crippen LogP contribution is 2.50. The van der Waals surface area contributed by atoms with E-state index in [0.29, 0.717) is 12.1 Å². The zero-order valence-corrected chi connectivity index (χ0v) is 11.8. The van der Waals surface area contributed by atoms with Crippen LogP contribution in [0.5, 0.6) is 0 Å². The SMILES string of the molecule is CCCOP(=O)(ONc1ccccc1)OS(=O)(=O)O. The molecule has 0 spiro atoms. The van der Waals surface area contributed by atoms with Crippen molar-refractivity contribution < 1.29 is 30.7 Å². The van der Waals surface area contributed by atoms with Crippen LogP contribution in [0.15, 0.2) is 30.3 Å². The van der Waals surface area contributed by atoms with Crippen LogP contribution in [0, 0.1) is 0 Å². The Labute approximate surface area is 111 Å². The molecule has 0 amide bonds. The van der Waals surface area contributed by atoms with Gasteiger partial charge in [-0.25, -0.2) is 4.57 Å². The highest BCUT2D eigenvalue weighted by molar-refractivity contribution is 7.85. The fourth-order valence-corrected chi connectivity index (χ4v) is 2.89. The Morgan fingerprint density at radius 3 is 2.47 bits per heavy atom. The van der Waals surface area contributed by atoms with Gasteiger partial charge in [-0.2, -0.15) is 13.0 Å². The fourth-order valence-electron chi connectivity index (χ4n) is 0.996. The molecule has 2 N–H and O–H groups in total. The zero-order chi connectivity index (χ0) is 14.4. The summed E-state index contributed by atoms with van der Waals surface area (Å²) in [5.74, 6) is 0. The van der Waals surface area contributed by atoms with E-state index in [1.165, 1.54) is 0 Å². The van der Waals surface area contributed by atoms with Gasteiger partial charge in [-0.15, -0.1) is 3.97 Å². The van der Waals surface area contributed by atoms with Gasteiger partial charge in [-0.1, -0.05) is 25.1 Å². The van der Waals surface area contributed by atoms with E-state index in [1.54, 1.807) is 37.3 Å². The van der Waals surface area contributed by atoms with Gasteiger partial charge in [0.05, 0.1) is 12.3 Å². The minimum absolute atomic E-state index is 0.0662. The van der Waals surface area contributed by atoms with Gasteiger partial charge in [0, 0.05) is 0 Å². The molecule has 0 heterocycles. The molecule has 19 heavy (non-hydrogen) atoms. The molecule has 10 heteroatoms. The third kappa shape index (κ3) is 6.67. The van der Waals surface area contributed by atoms with Gasteiger partial charge in [-0.3, -0.25) is 14.6 Å². The van der Waals surface area contributed by atoms with Crippen molar-refractivity contribution in [2.45, 2.75) is 13.3 Å². The van der Waals surface area contributed by atoms with E-state index in [9.17, 15) is 13.0 Å². The molecule has 1 rings (SSSR count). The number of nitrogens with one attached hydrogen (secondary N) is 1. The highest BCUT2D eigenvalue weighted by Gasteiger charge is 2.34. The molecule has 0 aliphatic rings. The molecule has 8 nitrogen and oxygen atoms in total. The number of hydrogen-bond acceptors (Lipinski definition) is 7. The smallest absolute Gasteiger partial charge is 0.285 e. The standard InChI is InChI=1S/C9H14NO7PS/c1-2-8-15-18(11,17-19(12,13)14)16-10-9-6-4-3-5-7-9/h3-7,10H,2,8H2,1H3,(H,12,13,14). The average Bonchev–Trinajstić information content (AvgIpc) is 2.33. The van der Waals surface area contributed by atoms with Crippen LogP contribution in [-0.4, -0.2) is 19.6 Å². The highest BCUT2D eigenvalue weighted by atomic mass is 32.3. The lowest BCUT2D eigenvalue weighted by Gasteiger charge is -2.15. The fraction of sp³-hybridized carbons (Fsp3) is 0.333. The van der Waals surface area contributed by atoms with Gasteiger partial charge < -0.3 is 0 Å². The summed E-state index contributed by atoms with van der Waals surface area (Å²) >= 11 is 0. The van der Waals surface area contributed by atoms with Crippen LogP contribution in [-0.2, 0) is 28.1 Å². The summed E-state index contributed by atoms with van der Waals surface area (Å²) in [5.41, 5.74) is 2.63. The predicted octanol–water partition coefficient (Wildman–Crippen LogP) is 2.38. The van der Waals surface area contributed by atoms with Crippen molar-refractivity contribution in [1.82, 2.24) is 0 Å². The van der Waals surface area contributed by atoms with Crippen molar-refractivity contribution in [3.8, 4) is 0 Å². The van der Waals surface area contributed by atoms with Crippen molar-refractivity contribution in [3.05, 3.63) is 30.3 Å². The van der Waals surface area contributed by atoms with Gasteiger partial charge in [-0.05, 0) is 18.6 Å². The number of phosphoric acid groups is 1. The second kappa shape index (κ2) is 6.99. The Hall–Kier alpha value is -0.960. The van der Waals surface area contributed by atoms with Gasteiger partial charge >= 0.3 is 18.2 Å². The van der Waals surface area contributed by atoms with Crippen LogP contribution in [0.4, 0.5) is 5.69 Å². The number of hydrogen-bond donors (Lipinski definition) is 2. The summed E-state index contributed by atoms with van der Waals surface area (Å²) in [7, 11) is -9.44. The van der Waals surface area contributed by atoms with Crippen molar-refractivity contribution in [2.75, 3.05) is 12.1 Å². The van der Waals surface area contributed by atoms with Gasteiger partial charge in [0.25, 0.3) is 0 Å². The summed E-state index contributed by atoms with van der Waals surface area (Å²) in [6.45, 7) is 1.64. The Morgan fingerprint density at radius 2 is 1.95 bits per heavy atom. The number of rotatable bonds is 8. The lowest BCUT2D eigenvalue weighted by molar-refractivity contribution is 0.174. The van der Waals surface area contributed by atoms with Crippen molar-refractivity contribution in [2.24, 2.45) is 0 Å². The van der Waals surface area contributed by atoms with Crippen molar-refractivity contribution >= 4 is 23.9 Å². The molecular weight excluding hydrogens is 297 g/mol. The summed E-state index contributed by atoms with van der Waals surface area (Å²) in [4.78, 5) is 0. The van der Waals surface area contributed by atoms with Crippen LogP contribution >= 0.6 is 7.82 Å². The summed E-state index contributed by atoms with van der Waals surface area (Å²) in [5, 5.41) is 0. The average molecular weight is 311 g/mol. The molecule has 0 bridgehead atoms. The predicted molar refractivity (Wildman–Crippen MR) is 67.6 cm³/mol. The summed E-state index contributed by atoms with van der Waals surface area (Å²) in [6, 6.07) is 8.25. The number of para-hydroxylation sites is 1. The Kier molecular flexibility index (Phi) is 5.92. The molecule has 0 aliphatic carbocycles. The monoisotopic (exact) mass is 311 g/mol. The molecule has 1 unspecified atom stereocenters. The number of benzene rings is 1. The molecule has 0 aliphatic heterocycles. The molecule has 108 valence electrons. The second-order valence-corrected chi connectivity index (χ2v) is 6.13. The quantitative estimate of drug-likeness (QED) is 0.427.